The zero-order chi connectivity index (χ0) is 25.4. The first-order chi connectivity index (χ1) is 17.2. The van der Waals surface area contributed by atoms with Gasteiger partial charge in [-0.3, -0.25) is 9.88 Å². The predicted molar refractivity (Wildman–Crippen MR) is 133 cm³/mol. The first-order valence-electron chi connectivity index (χ1n) is 12.1. The van der Waals surface area contributed by atoms with Gasteiger partial charge in [-0.1, -0.05) is 0 Å². The van der Waals surface area contributed by atoms with Crippen molar-refractivity contribution in [1.29, 1.82) is 0 Å². The van der Waals surface area contributed by atoms with Crippen LogP contribution in [0.3, 0.4) is 0 Å². The van der Waals surface area contributed by atoms with E-state index in [4.69, 9.17) is 9.72 Å². The molecule has 2 aliphatic heterocycles. The minimum Gasteiger partial charge on any atom is -0.378 e. The fourth-order valence-electron chi connectivity index (χ4n) is 4.63. The van der Waals surface area contributed by atoms with Crippen LogP contribution < -0.4 is 10.6 Å². The van der Waals surface area contributed by atoms with E-state index in [2.05, 4.69) is 30.9 Å². The van der Waals surface area contributed by atoms with Crippen molar-refractivity contribution in [3.63, 3.8) is 0 Å². The number of azo groups is 1. The number of hydrogen-bond acceptors (Lipinski definition) is 9. The Morgan fingerprint density at radius 3 is 2.64 bits per heavy atom. The van der Waals surface area contributed by atoms with E-state index < -0.39 is 12.0 Å². The quantitative estimate of drug-likeness (QED) is 0.471. The van der Waals surface area contributed by atoms with Gasteiger partial charge in [0.15, 0.2) is 5.82 Å². The third-order valence-electron chi connectivity index (χ3n) is 6.55. The average Bonchev–Trinajstić information content (AvgIpc) is 3.20. The number of halogens is 2. The van der Waals surface area contributed by atoms with Gasteiger partial charge in [0.25, 0.3) is 5.92 Å². The fraction of sp³-hybridized carbons (Fsp3) is 0.542. The number of hydrogen-bond donors (Lipinski definition) is 2. The maximum absolute atomic E-state index is 15.1. The predicted octanol–water partition coefficient (Wildman–Crippen LogP) is 4.15. The number of fused-ring (bicyclic) bond motifs is 1. The maximum Gasteiger partial charge on any atom is 0.280 e. The molecule has 0 spiro atoms. The number of pyridine rings is 1. The molecular formula is C24H31F2N9O. The van der Waals surface area contributed by atoms with Crippen LogP contribution in [0.5, 0.6) is 0 Å². The Kier molecular flexibility index (Phi) is 6.56. The van der Waals surface area contributed by atoms with E-state index in [-0.39, 0.29) is 24.6 Å². The van der Waals surface area contributed by atoms with Crippen molar-refractivity contribution in [3.05, 3.63) is 30.1 Å². The van der Waals surface area contributed by atoms with Crippen LogP contribution in [-0.4, -0.2) is 81.9 Å². The summed E-state index contributed by atoms with van der Waals surface area (Å²) in [6.07, 6.45) is 2.08. The first kappa shape index (κ1) is 24.4. The van der Waals surface area contributed by atoms with E-state index in [9.17, 15) is 0 Å². The Morgan fingerprint density at radius 2 is 2.00 bits per heavy atom. The van der Waals surface area contributed by atoms with Gasteiger partial charge in [0.2, 0.25) is 5.95 Å². The first-order valence-corrected chi connectivity index (χ1v) is 12.1. The van der Waals surface area contributed by atoms with Gasteiger partial charge in [0.05, 0.1) is 43.2 Å². The van der Waals surface area contributed by atoms with Crippen molar-refractivity contribution in [2.45, 2.75) is 51.2 Å². The third-order valence-corrected chi connectivity index (χ3v) is 6.55. The second-order valence-corrected chi connectivity index (χ2v) is 9.62. The summed E-state index contributed by atoms with van der Waals surface area (Å²) >= 11 is 0. The minimum absolute atomic E-state index is 0.0655. The second kappa shape index (κ2) is 9.66. The molecule has 36 heavy (non-hydrogen) atoms. The smallest absolute Gasteiger partial charge is 0.280 e. The van der Waals surface area contributed by atoms with Gasteiger partial charge < -0.3 is 15.4 Å². The van der Waals surface area contributed by atoms with Gasteiger partial charge in [-0.05, 0) is 45.4 Å². The lowest BCUT2D eigenvalue weighted by Crippen LogP contribution is -2.61. The molecule has 12 heteroatoms. The number of alkyl halides is 2. The van der Waals surface area contributed by atoms with E-state index in [0.717, 1.165) is 22.5 Å². The molecule has 10 nitrogen and oxygen atoms in total. The summed E-state index contributed by atoms with van der Waals surface area (Å²) in [6.45, 7) is 7.19. The Balaban J connectivity index is 1.46. The molecule has 2 fully saturated rings. The molecule has 3 aromatic rings. The van der Waals surface area contributed by atoms with Gasteiger partial charge in [-0.2, -0.15) is 15.2 Å². The van der Waals surface area contributed by atoms with E-state index in [1.54, 1.807) is 17.8 Å². The minimum atomic E-state index is -2.92. The van der Waals surface area contributed by atoms with Gasteiger partial charge in [0, 0.05) is 31.4 Å². The summed E-state index contributed by atoms with van der Waals surface area (Å²) in [5.41, 5.74) is 3.73. The number of rotatable bonds is 7. The Hall–Kier alpha value is -3.25. The molecular weight excluding hydrogens is 468 g/mol. The summed E-state index contributed by atoms with van der Waals surface area (Å²) in [5, 5.41) is 18.7. The summed E-state index contributed by atoms with van der Waals surface area (Å²) < 4.78 is 36.9. The molecule has 2 saturated heterocycles. The zero-order valence-electron chi connectivity index (χ0n) is 20.9. The van der Waals surface area contributed by atoms with Crippen molar-refractivity contribution < 1.29 is 13.5 Å². The summed E-state index contributed by atoms with van der Waals surface area (Å²) in [5.74, 6) is -2.22. The van der Waals surface area contributed by atoms with Crippen LogP contribution in [0.2, 0.25) is 0 Å². The van der Waals surface area contributed by atoms with Gasteiger partial charge in [-0.15, -0.1) is 5.10 Å². The van der Waals surface area contributed by atoms with Gasteiger partial charge >= 0.3 is 0 Å². The molecule has 2 aliphatic rings. The van der Waals surface area contributed by atoms with Crippen LogP contribution in [-0.2, 0) is 4.74 Å². The Morgan fingerprint density at radius 1 is 1.19 bits per heavy atom. The largest absolute Gasteiger partial charge is 0.378 e. The molecule has 0 aliphatic carbocycles. The van der Waals surface area contributed by atoms with E-state index in [0.29, 0.717) is 37.7 Å². The van der Waals surface area contributed by atoms with E-state index >= 15 is 8.78 Å². The molecule has 192 valence electrons. The maximum atomic E-state index is 15.1. The van der Waals surface area contributed by atoms with Crippen LogP contribution in [0.4, 0.5) is 26.2 Å². The van der Waals surface area contributed by atoms with Crippen LogP contribution in [0.25, 0.3) is 16.8 Å². The monoisotopic (exact) mass is 499 g/mol. The van der Waals surface area contributed by atoms with Crippen molar-refractivity contribution in [3.8, 4) is 11.3 Å². The highest BCUT2D eigenvalue weighted by Crippen LogP contribution is 2.34. The van der Waals surface area contributed by atoms with Crippen molar-refractivity contribution in [1.82, 2.24) is 24.5 Å². The van der Waals surface area contributed by atoms with Crippen LogP contribution >= 0.6 is 0 Å². The number of nitrogens with one attached hydrogen (secondary N) is 2. The van der Waals surface area contributed by atoms with E-state index in [1.165, 1.54) is 0 Å². The highest BCUT2D eigenvalue weighted by atomic mass is 19.3. The molecule has 0 bridgehead atoms. The van der Waals surface area contributed by atoms with Gasteiger partial charge in [-0.25, -0.2) is 13.3 Å². The zero-order valence-corrected chi connectivity index (χ0v) is 20.9. The molecule has 3 aromatic heterocycles. The van der Waals surface area contributed by atoms with Gasteiger partial charge in [0.1, 0.15) is 11.2 Å². The van der Waals surface area contributed by atoms with Crippen LogP contribution in [0, 0.1) is 6.92 Å². The SMILES string of the molecule is CN=Nc1ccc(-c2ccn3nc(NC4CCN(C5COC5)CC4(F)F)nc(NC(C)C)c23)nc1C. The highest BCUT2D eigenvalue weighted by molar-refractivity contribution is 5.88. The fourth-order valence-corrected chi connectivity index (χ4v) is 4.63. The number of ether oxygens (including phenoxy) is 1. The van der Waals surface area contributed by atoms with Crippen LogP contribution in [0.1, 0.15) is 26.0 Å². The summed E-state index contributed by atoms with van der Waals surface area (Å²) in [7, 11) is 1.62. The topological polar surface area (TPSA) is 104 Å². The molecule has 0 amide bonds. The highest BCUT2D eigenvalue weighted by Gasteiger charge is 2.47. The lowest BCUT2D eigenvalue weighted by atomic mass is 9.98. The molecule has 1 unspecified atom stereocenters. The number of piperidine rings is 1. The summed E-state index contributed by atoms with van der Waals surface area (Å²) in [4.78, 5) is 11.1. The summed E-state index contributed by atoms with van der Waals surface area (Å²) in [6, 6.07) is 4.73. The van der Waals surface area contributed by atoms with Crippen molar-refractivity contribution in [2.24, 2.45) is 10.2 Å². The molecule has 1 atom stereocenters. The number of anilines is 2. The second-order valence-electron chi connectivity index (χ2n) is 9.62. The van der Waals surface area contributed by atoms with Crippen molar-refractivity contribution >= 4 is 23.0 Å². The molecule has 5 rings (SSSR count). The lowest BCUT2D eigenvalue weighted by molar-refractivity contribution is -0.131. The lowest BCUT2D eigenvalue weighted by Gasteiger charge is -2.44. The number of aryl methyl sites for hydroxylation is 1. The standard InChI is InChI=1S/C24H31F2N9O/c1-14(2)28-22-21-17(19-6-5-18(32-27-4)15(3)29-19)7-10-35(21)33-23(31-22)30-20-8-9-34(13-24(20,25)26)16-11-36-12-16/h5-7,10,14,16,20H,8-9,11-13H2,1-4H3,(H2,28,30,31,33). The van der Waals surface area contributed by atoms with Crippen LogP contribution in [0.15, 0.2) is 34.6 Å². The van der Waals surface area contributed by atoms with Crippen molar-refractivity contribution in [2.75, 3.05) is 44.0 Å². The Labute approximate surface area is 208 Å². The molecule has 0 radical (unpaired) electrons. The number of nitrogens with zero attached hydrogens (tertiary/aromatic N) is 7. The average molecular weight is 500 g/mol. The molecule has 2 N–H and O–H groups in total. The van der Waals surface area contributed by atoms with E-state index in [1.807, 2.05) is 43.9 Å². The third kappa shape index (κ3) is 4.74. The number of aromatic nitrogens is 4. The molecule has 5 heterocycles. The normalized spacial score (nSPS) is 20.8. The number of likely N-dealkylation sites (tertiary alicyclic amines) is 1. The molecule has 0 saturated carbocycles. The Bertz CT molecular complexity index is 1270. The molecule has 0 aromatic carbocycles.